The second kappa shape index (κ2) is 6.33. The van der Waals surface area contributed by atoms with E-state index in [0.29, 0.717) is 11.2 Å². The van der Waals surface area contributed by atoms with Crippen LogP contribution in [-0.2, 0) is 6.42 Å². The van der Waals surface area contributed by atoms with Gasteiger partial charge in [0.25, 0.3) is 0 Å². The maximum atomic E-state index is 9.09. The van der Waals surface area contributed by atoms with Crippen LogP contribution >= 0.6 is 0 Å². The van der Waals surface area contributed by atoms with Gasteiger partial charge in [0.2, 0.25) is 0 Å². The molecule has 0 bridgehead atoms. The van der Waals surface area contributed by atoms with Crippen LogP contribution in [0.2, 0.25) is 0 Å². The zero-order valence-electron chi connectivity index (χ0n) is 12.7. The monoisotopic (exact) mass is 284 g/mol. The van der Waals surface area contributed by atoms with Crippen molar-refractivity contribution in [1.82, 2.24) is 0 Å². The Kier molecular flexibility index (Phi) is 4.71. The van der Waals surface area contributed by atoms with Crippen LogP contribution in [0.1, 0.15) is 26.3 Å². The van der Waals surface area contributed by atoms with Gasteiger partial charge in [0, 0.05) is 0 Å². The Bertz CT molecular complexity index is 586. The van der Waals surface area contributed by atoms with E-state index in [1.165, 1.54) is 0 Å². The maximum Gasteiger partial charge on any atom is 0.488 e. The number of rotatable bonds is 4. The van der Waals surface area contributed by atoms with E-state index in [-0.39, 0.29) is 5.41 Å². The normalized spacial score (nSPS) is 11.3. The third-order valence-corrected chi connectivity index (χ3v) is 3.10. The zero-order valence-corrected chi connectivity index (χ0v) is 12.7. The van der Waals surface area contributed by atoms with Gasteiger partial charge >= 0.3 is 7.12 Å². The predicted molar refractivity (Wildman–Crippen MR) is 85.9 cm³/mol. The van der Waals surface area contributed by atoms with E-state index < -0.39 is 7.12 Å². The summed E-state index contributed by atoms with van der Waals surface area (Å²) in [6.45, 7) is 6.59. The lowest BCUT2D eigenvalue weighted by atomic mass is 9.80. The van der Waals surface area contributed by atoms with Crippen molar-refractivity contribution < 1.29 is 14.8 Å². The summed E-state index contributed by atoms with van der Waals surface area (Å²) in [5, 5.41) is 18.2. The molecule has 4 heteroatoms. The molecule has 0 aliphatic heterocycles. The summed E-state index contributed by atoms with van der Waals surface area (Å²) >= 11 is 0. The van der Waals surface area contributed by atoms with Gasteiger partial charge in [-0.15, -0.1) is 0 Å². The fraction of sp³-hybridized carbons (Fsp3) is 0.294. The van der Waals surface area contributed by atoms with Crippen LogP contribution in [0, 0.1) is 5.41 Å². The van der Waals surface area contributed by atoms with E-state index in [1.807, 2.05) is 18.2 Å². The van der Waals surface area contributed by atoms with Crippen molar-refractivity contribution in [3.63, 3.8) is 0 Å². The molecular formula is C17H21BO3. The van der Waals surface area contributed by atoms with Crippen LogP contribution in [0.15, 0.2) is 48.5 Å². The van der Waals surface area contributed by atoms with E-state index in [9.17, 15) is 0 Å². The first kappa shape index (κ1) is 15.6. The summed E-state index contributed by atoms with van der Waals surface area (Å²) in [5.74, 6) is 1.52. The van der Waals surface area contributed by atoms with Crippen LogP contribution in [0.5, 0.6) is 11.5 Å². The van der Waals surface area contributed by atoms with Gasteiger partial charge < -0.3 is 14.8 Å². The molecule has 2 aromatic carbocycles. The molecule has 0 aromatic heterocycles. The summed E-state index contributed by atoms with van der Waals surface area (Å²) < 4.78 is 5.93. The van der Waals surface area contributed by atoms with Gasteiger partial charge in [-0.25, -0.2) is 0 Å². The third-order valence-electron chi connectivity index (χ3n) is 3.10. The molecular weight excluding hydrogens is 263 g/mol. The average Bonchev–Trinajstić information content (AvgIpc) is 2.40. The smallest absolute Gasteiger partial charge is 0.457 e. The molecule has 0 unspecified atom stereocenters. The second-order valence-corrected chi connectivity index (χ2v) is 6.39. The van der Waals surface area contributed by atoms with Gasteiger partial charge in [0.1, 0.15) is 11.5 Å². The first-order valence-electron chi connectivity index (χ1n) is 7.07. The minimum absolute atomic E-state index is 0.185. The van der Waals surface area contributed by atoms with Crippen LogP contribution < -0.4 is 10.2 Å². The lowest BCUT2D eigenvalue weighted by Crippen LogP contribution is -2.29. The van der Waals surface area contributed by atoms with Crippen molar-refractivity contribution in [2.24, 2.45) is 5.41 Å². The summed E-state index contributed by atoms with van der Waals surface area (Å²) in [7, 11) is -1.45. The molecule has 0 aliphatic carbocycles. The largest absolute Gasteiger partial charge is 0.488 e. The van der Waals surface area contributed by atoms with Gasteiger partial charge in [-0.3, -0.25) is 0 Å². The van der Waals surface area contributed by atoms with Gasteiger partial charge in [0.05, 0.1) is 0 Å². The molecule has 2 rings (SSSR count). The van der Waals surface area contributed by atoms with Gasteiger partial charge in [-0.1, -0.05) is 51.1 Å². The van der Waals surface area contributed by atoms with E-state index in [0.717, 1.165) is 17.7 Å². The molecule has 0 spiro atoms. The lowest BCUT2D eigenvalue weighted by Gasteiger charge is -2.20. The number of benzene rings is 2. The van der Waals surface area contributed by atoms with E-state index in [1.54, 1.807) is 24.3 Å². The standard InChI is InChI=1S/C17H21BO3/c1-17(2,3)12-13-6-4-5-7-16(13)21-15-10-8-14(9-11-15)18(19)20/h4-11,19-20H,12H2,1-3H3. The molecule has 110 valence electrons. The number of hydrogen-bond donors (Lipinski definition) is 2. The average molecular weight is 284 g/mol. The lowest BCUT2D eigenvalue weighted by molar-refractivity contribution is 0.397. The molecule has 21 heavy (non-hydrogen) atoms. The fourth-order valence-corrected chi connectivity index (χ4v) is 2.16. The molecule has 2 N–H and O–H groups in total. The van der Waals surface area contributed by atoms with E-state index in [4.69, 9.17) is 14.8 Å². The Morgan fingerprint density at radius 1 is 0.952 bits per heavy atom. The molecule has 0 atom stereocenters. The highest BCUT2D eigenvalue weighted by atomic mass is 16.5. The van der Waals surface area contributed by atoms with Crippen molar-refractivity contribution in [2.45, 2.75) is 27.2 Å². The Balaban J connectivity index is 2.19. The molecule has 3 nitrogen and oxygen atoms in total. The number of ether oxygens (including phenoxy) is 1. The minimum Gasteiger partial charge on any atom is -0.457 e. The van der Waals surface area contributed by atoms with Crippen molar-refractivity contribution in [3.8, 4) is 11.5 Å². The van der Waals surface area contributed by atoms with Crippen molar-refractivity contribution in [3.05, 3.63) is 54.1 Å². The molecule has 0 fully saturated rings. The maximum absolute atomic E-state index is 9.09. The number of hydrogen-bond acceptors (Lipinski definition) is 3. The zero-order chi connectivity index (χ0) is 15.5. The Labute approximate surface area is 126 Å². The molecule has 0 radical (unpaired) electrons. The highest BCUT2D eigenvalue weighted by Crippen LogP contribution is 2.30. The van der Waals surface area contributed by atoms with Crippen molar-refractivity contribution in [1.29, 1.82) is 0 Å². The van der Waals surface area contributed by atoms with Crippen LogP contribution in [0.3, 0.4) is 0 Å². The van der Waals surface area contributed by atoms with Crippen LogP contribution in [-0.4, -0.2) is 17.2 Å². The van der Waals surface area contributed by atoms with Crippen LogP contribution in [0.4, 0.5) is 0 Å². The molecule has 0 aliphatic rings. The Morgan fingerprint density at radius 3 is 2.14 bits per heavy atom. The van der Waals surface area contributed by atoms with E-state index in [2.05, 4.69) is 26.8 Å². The molecule has 2 aromatic rings. The molecule has 0 heterocycles. The van der Waals surface area contributed by atoms with Crippen molar-refractivity contribution >= 4 is 12.6 Å². The first-order chi connectivity index (χ1) is 9.85. The fourth-order valence-electron chi connectivity index (χ4n) is 2.16. The first-order valence-corrected chi connectivity index (χ1v) is 7.07. The van der Waals surface area contributed by atoms with Gasteiger partial charge in [-0.2, -0.15) is 0 Å². The highest BCUT2D eigenvalue weighted by molar-refractivity contribution is 6.58. The number of para-hydroxylation sites is 1. The summed E-state index contributed by atoms with van der Waals surface area (Å²) in [6, 6.07) is 14.8. The topological polar surface area (TPSA) is 49.7 Å². The summed E-state index contributed by atoms with van der Waals surface area (Å²) in [4.78, 5) is 0. The minimum atomic E-state index is -1.45. The van der Waals surface area contributed by atoms with Gasteiger partial charge in [-0.05, 0) is 41.1 Å². The molecule has 0 saturated carbocycles. The SMILES string of the molecule is CC(C)(C)Cc1ccccc1Oc1ccc(B(O)O)cc1. The van der Waals surface area contributed by atoms with Crippen LogP contribution in [0.25, 0.3) is 0 Å². The Morgan fingerprint density at radius 2 is 1.57 bits per heavy atom. The predicted octanol–water partition coefficient (Wildman–Crippen LogP) is 2.75. The third kappa shape index (κ3) is 4.62. The Hall–Kier alpha value is -1.78. The molecule has 0 amide bonds. The highest BCUT2D eigenvalue weighted by Gasteiger charge is 2.15. The van der Waals surface area contributed by atoms with E-state index >= 15 is 0 Å². The van der Waals surface area contributed by atoms with Gasteiger partial charge in [0.15, 0.2) is 0 Å². The second-order valence-electron chi connectivity index (χ2n) is 6.39. The summed E-state index contributed by atoms with van der Waals surface area (Å²) in [6.07, 6.45) is 0.927. The van der Waals surface area contributed by atoms with Crippen molar-refractivity contribution in [2.75, 3.05) is 0 Å². The summed E-state index contributed by atoms with van der Waals surface area (Å²) in [5.41, 5.74) is 1.80. The quantitative estimate of drug-likeness (QED) is 0.849. The molecule has 0 saturated heterocycles.